The van der Waals surface area contributed by atoms with E-state index in [2.05, 4.69) is 15.6 Å². The zero-order valence-corrected chi connectivity index (χ0v) is 19.8. The lowest BCUT2D eigenvalue weighted by molar-refractivity contribution is -0.136. The number of carbonyl (C=O) groups is 4. The molecule has 11 heteroatoms. The number of H-pyrrole nitrogens is 1. The fourth-order valence-electron chi connectivity index (χ4n) is 6.05. The molecule has 0 bridgehead atoms. The lowest BCUT2D eigenvalue weighted by atomic mass is 9.97. The van der Waals surface area contributed by atoms with Gasteiger partial charge in [0.1, 0.15) is 18.0 Å². The molecule has 2 aromatic rings. The highest BCUT2D eigenvalue weighted by molar-refractivity contribution is 6.01. The van der Waals surface area contributed by atoms with Crippen molar-refractivity contribution in [1.29, 1.82) is 0 Å². The predicted octanol–water partition coefficient (Wildman–Crippen LogP) is 2.49. The number of para-hydroxylation sites is 1. The minimum Gasteiger partial charge on any atom is -0.356 e. The Morgan fingerprint density at radius 1 is 1.31 bits per heavy atom. The topological polar surface area (TPSA) is 111 Å². The number of hydrogen-bond acceptors (Lipinski definition) is 4. The smallest absolute Gasteiger partial charge is 0.356 e. The molecule has 0 spiro atoms. The number of carbonyl (C=O) groups excluding carboxylic acids is 4. The van der Waals surface area contributed by atoms with Gasteiger partial charge in [0.2, 0.25) is 11.8 Å². The highest BCUT2D eigenvalue weighted by Gasteiger charge is 2.69. The molecule has 1 aromatic carbocycles. The van der Waals surface area contributed by atoms with Gasteiger partial charge in [0.05, 0.1) is 17.1 Å². The number of piperidine rings is 1. The summed E-state index contributed by atoms with van der Waals surface area (Å²) in [6.07, 6.45) is -3.25. The SMILES string of the molecule is CC1(C)[C@@H]2[C@@H](C(=O)N[C@H](C=O)C[C@@H]3CCNC3=O)N(C(=O)c3cc4cccc(C(F)(F)F)c4[nH]3)C[C@@H]21. The fraction of sp³-hybridized carbons (Fsp3) is 0.520. The number of amides is 3. The Morgan fingerprint density at radius 3 is 2.69 bits per heavy atom. The van der Waals surface area contributed by atoms with Gasteiger partial charge in [0.15, 0.2) is 0 Å². The van der Waals surface area contributed by atoms with Crippen LogP contribution in [-0.4, -0.2) is 59.1 Å². The van der Waals surface area contributed by atoms with Gasteiger partial charge in [-0.2, -0.15) is 13.2 Å². The molecule has 3 aliphatic rings. The first-order valence-corrected chi connectivity index (χ1v) is 12.0. The summed E-state index contributed by atoms with van der Waals surface area (Å²) in [5.41, 5.74) is -1.28. The summed E-state index contributed by atoms with van der Waals surface area (Å²) in [5, 5.41) is 5.65. The third-order valence-corrected chi connectivity index (χ3v) is 8.12. The molecule has 0 radical (unpaired) electrons. The highest BCUT2D eigenvalue weighted by atomic mass is 19.4. The van der Waals surface area contributed by atoms with E-state index in [4.69, 9.17) is 0 Å². The summed E-state index contributed by atoms with van der Waals surface area (Å²) in [7, 11) is 0. The van der Waals surface area contributed by atoms with Crippen LogP contribution >= 0.6 is 0 Å². The van der Waals surface area contributed by atoms with Crippen molar-refractivity contribution in [3.05, 3.63) is 35.5 Å². The summed E-state index contributed by atoms with van der Waals surface area (Å²) in [6, 6.07) is 3.32. The van der Waals surface area contributed by atoms with E-state index in [0.717, 1.165) is 6.07 Å². The predicted molar refractivity (Wildman–Crippen MR) is 123 cm³/mol. The second kappa shape index (κ2) is 8.35. The molecule has 3 fully saturated rings. The Morgan fingerprint density at radius 2 is 2.06 bits per heavy atom. The number of nitrogens with zero attached hydrogens (tertiary/aromatic N) is 1. The van der Waals surface area contributed by atoms with Crippen LogP contribution in [0.2, 0.25) is 0 Å². The lowest BCUT2D eigenvalue weighted by Crippen LogP contribution is -2.52. The van der Waals surface area contributed by atoms with Crippen LogP contribution in [-0.2, 0) is 20.6 Å². The molecule has 5 rings (SSSR count). The molecular weight excluding hydrogens is 477 g/mol. The number of halogens is 3. The summed E-state index contributed by atoms with van der Waals surface area (Å²) in [6.45, 7) is 4.81. The van der Waals surface area contributed by atoms with Crippen molar-refractivity contribution in [3.8, 4) is 0 Å². The molecule has 2 saturated heterocycles. The Labute approximate surface area is 205 Å². The Hall–Kier alpha value is -3.37. The molecule has 0 unspecified atom stereocenters. The number of rotatable bonds is 6. The quantitative estimate of drug-likeness (QED) is 0.525. The maximum atomic E-state index is 13.5. The number of alkyl halides is 3. The van der Waals surface area contributed by atoms with Crippen molar-refractivity contribution in [2.75, 3.05) is 13.1 Å². The van der Waals surface area contributed by atoms with E-state index >= 15 is 0 Å². The summed E-state index contributed by atoms with van der Waals surface area (Å²) >= 11 is 0. The van der Waals surface area contributed by atoms with E-state index in [1.807, 2.05) is 13.8 Å². The van der Waals surface area contributed by atoms with Crippen molar-refractivity contribution >= 4 is 34.9 Å². The van der Waals surface area contributed by atoms with Gasteiger partial charge in [-0.1, -0.05) is 26.0 Å². The van der Waals surface area contributed by atoms with Gasteiger partial charge in [-0.3, -0.25) is 14.4 Å². The molecule has 2 aliphatic heterocycles. The fourth-order valence-corrected chi connectivity index (χ4v) is 6.05. The van der Waals surface area contributed by atoms with Crippen LogP contribution in [0.5, 0.6) is 0 Å². The van der Waals surface area contributed by atoms with Crippen LogP contribution in [0.4, 0.5) is 13.2 Å². The molecule has 3 heterocycles. The van der Waals surface area contributed by atoms with Gasteiger partial charge in [0.25, 0.3) is 5.91 Å². The third kappa shape index (κ3) is 3.94. The number of benzene rings is 1. The second-order valence-corrected chi connectivity index (χ2v) is 10.6. The first-order chi connectivity index (χ1) is 16.9. The van der Waals surface area contributed by atoms with E-state index in [1.54, 1.807) is 0 Å². The van der Waals surface area contributed by atoms with Gasteiger partial charge in [-0.25, -0.2) is 0 Å². The average molecular weight is 505 g/mol. The van der Waals surface area contributed by atoms with Crippen molar-refractivity contribution in [2.24, 2.45) is 23.2 Å². The van der Waals surface area contributed by atoms with Gasteiger partial charge >= 0.3 is 6.18 Å². The Bertz CT molecular complexity index is 1250. The summed E-state index contributed by atoms with van der Waals surface area (Å²) < 4.78 is 40.3. The normalized spacial score (nSPS) is 27.5. The molecule has 1 aromatic heterocycles. The van der Waals surface area contributed by atoms with Gasteiger partial charge < -0.3 is 25.3 Å². The van der Waals surface area contributed by atoms with Gasteiger partial charge in [-0.15, -0.1) is 0 Å². The standard InChI is InChI=1S/C25H27F3N4O4/c1-24(2)16-10-32(23(36)17-9-12-4-3-5-15(19(12)31-17)25(26,27)28)20(18(16)24)22(35)30-14(11-33)8-13-6-7-29-21(13)34/h3-5,9,11,13-14,16,18,20,31H,6-8,10H2,1-2H3,(H,29,34)(H,30,35)/t13-,14-,16-,18-,20-/m0/s1. The van der Waals surface area contributed by atoms with E-state index in [1.165, 1.54) is 23.1 Å². The van der Waals surface area contributed by atoms with E-state index in [-0.39, 0.29) is 58.6 Å². The highest BCUT2D eigenvalue weighted by Crippen LogP contribution is 2.65. The number of likely N-dealkylation sites (tertiary alicyclic amines) is 1. The number of hydrogen-bond donors (Lipinski definition) is 3. The number of nitrogens with one attached hydrogen (secondary N) is 3. The number of aromatic amines is 1. The molecule has 36 heavy (non-hydrogen) atoms. The second-order valence-electron chi connectivity index (χ2n) is 10.6. The van der Waals surface area contributed by atoms with Crippen molar-refractivity contribution in [3.63, 3.8) is 0 Å². The van der Waals surface area contributed by atoms with Gasteiger partial charge in [0, 0.05) is 24.4 Å². The van der Waals surface area contributed by atoms with E-state index in [0.29, 0.717) is 19.3 Å². The molecule has 5 atom stereocenters. The van der Waals surface area contributed by atoms with Crippen molar-refractivity contribution in [1.82, 2.24) is 20.5 Å². The van der Waals surface area contributed by atoms with Crippen LogP contribution < -0.4 is 10.6 Å². The van der Waals surface area contributed by atoms with Crippen molar-refractivity contribution in [2.45, 2.75) is 44.9 Å². The zero-order chi connectivity index (χ0) is 26.0. The monoisotopic (exact) mass is 504 g/mol. The minimum absolute atomic E-state index is 0.0341. The van der Waals surface area contributed by atoms with E-state index in [9.17, 15) is 32.3 Å². The number of aldehydes is 1. The largest absolute Gasteiger partial charge is 0.418 e. The van der Waals surface area contributed by atoms with Crippen LogP contribution in [0.15, 0.2) is 24.3 Å². The minimum atomic E-state index is -4.59. The van der Waals surface area contributed by atoms with Crippen molar-refractivity contribution < 1.29 is 32.3 Å². The molecule has 1 aliphatic carbocycles. The molecule has 8 nitrogen and oxygen atoms in total. The number of aromatic nitrogens is 1. The maximum Gasteiger partial charge on any atom is 0.418 e. The van der Waals surface area contributed by atoms with Crippen LogP contribution in [0.1, 0.15) is 42.7 Å². The zero-order valence-electron chi connectivity index (χ0n) is 19.8. The average Bonchev–Trinajstić information content (AvgIpc) is 3.32. The first-order valence-electron chi connectivity index (χ1n) is 12.0. The number of fused-ring (bicyclic) bond motifs is 2. The van der Waals surface area contributed by atoms with Gasteiger partial charge in [-0.05, 0) is 42.2 Å². The third-order valence-electron chi connectivity index (χ3n) is 8.12. The molecule has 192 valence electrons. The molecule has 1 saturated carbocycles. The van der Waals surface area contributed by atoms with E-state index < -0.39 is 35.6 Å². The molecular formula is C25H27F3N4O4. The Balaban J connectivity index is 1.39. The maximum absolute atomic E-state index is 13.5. The first kappa shape index (κ1) is 24.3. The van der Waals surface area contributed by atoms with Crippen LogP contribution in [0.25, 0.3) is 10.9 Å². The summed E-state index contributed by atoms with van der Waals surface area (Å²) in [5.74, 6) is -1.68. The van der Waals surface area contributed by atoms with Crippen LogP contribution in [0.3, 0.4) is 0 Å². The molecule has 3 amide bonds. The lowest BCUT2D eigenvalue weighted by Gasteiger charge is -2.30. The van der Waals surface area contributed by atoms with Crippen LogP contribution in [0, 0.1) is 23.2 Å². The summed E-state index contributed by atoms with van der Waals surface area (Å²) in [4.78, 5) is 54.4. The Kier molecular flexibility index (Phi) is 5.64. The molecule has 3 N–H and O–H groups in total.